The van der Waals surface area contributed by atoms with Crippen molar-refractivity contribution in [3.63, 3.8) is 0 Å². The number of fused-ring (bicyclic) bond motifs is 1. The highest BCUT2D eigenvalue weighted by atomic mass is 16.5. The summed E-state index contributed by atoms with van der Waals surface area (Å²) in [6.45, 7) is 1.93. The van der Waals surface area contributed by atoms with Crippen LogP contribution >= 0.6 is 0 Å². The molecule has 0 spiro atoms. The summed E-state index contributed by atoms with van der Waals surface area (Å²) in [5, 5.41) is 3.09. The summed E-state index contributed by atoms with van der Waals surface area (Å²) in [5.41, 5.74) is 3.48. The lowest BCUT2D eigenvalue weighted by molar-refractivity contribution is 0.297. The number of hydrogen-bond donors (Lipinski definition) is 3. The molecule has 2 rings (SSSR count). The van der Waals surface area contributed by atoms with Gasteiger partial charge in [0, 0.05) is 18.2 Å². The lowest BCUT2D eigenvalue weighted by Crippen LogP contribution is -2.28. The Bertz CT molecular complexity index is 330. The monoisotopic (exact) mass is 209 g/mol. The lowest BCUT2D eigenvalue weighted by Gasteiger charge is -2.10. The molecule has 0 aliphatic carbocycles. The molecular formula is C10H15N3O2. The number of nitrogens with one attached hydrogen (secondary N) is 2. The van der Waals surface area contributed by atoms with Crippen molar-refractivity contribution in [2.24, 2.45) is 5.84 Å². The molecule has 0 amide bonds. The highest BCUT2D eigenvalue weighted by molar-refractivity contribution is 5.54. The molecule has 1 aliphatic rings. The average molecular weight is 209 g/mol. The van der Waals surface area contributed by atoms with E-state index in [-0.39, 0.29) is 0 Å². The normalized spacial score (nSPS) is 14.5. The molecule has 0 fully saturated rings. The highest BCUT2D eigenvalue weighted by Gasteiger charge is 2.09. The van der Waals surface area contributed by atoms with Gasteiger partial charge in [-0.15, -0.1) is 0 Å². The average Bonchev–Trinajstić information content (AvgIpc) is 2.50. The molecule has 0 unspecified atom stereocenters. The Morgan fingerprint density at radius 3 is 2.80 bits per heavy atom. The SMILES string of the molecule is NNCNc1ccc2c(c1)OCCCO2. The minimum Gasteiger partial charge on any atom is -0.490 e. The third kappa shape index (κ3) is 2.51. The summed E-state index contributed by atoms with van der Waals surface area (Å²) in [6, 6.07) is 5.75. The third-order valence-electron chi connectivity index (χ3n) is 2.14. The van der Waals surface area contributed by atoms with Gasteiger partial charge in [0.25, 0.3) is 0 Å². The van der Waals surface area contributed by atoms with Gasteiger partial charge < -0.3 is 14.8 Å². The number of hydrogen-bond acceptors (Lipinski definition) is 5. The van der Waals surface area contributed by atoms with Crippen molar-refractivity contribution in [3.8, 4) is 11.5 Å². The van der Waals surface area contributed by atoms with Gasteiger partial charge in [-0.3, -0.25) is 5.84 Å². The number of rotatable bonds is 3. The number of ether oxygens (including phenoxy) is 2. The van der Waals surface area contributed by atoms with E-state index >= 15 is 0 Å². The van der Waals surface area contributed by atoms with Crippen LogP contribution in [0, 0.1) is 0 Å². The Morgan fingerprint density at radius 2 is 2.00 bits per heavy atom. The second kappa shape index (κ2) is 4.86. The van der Waals surface area contributed by atoms with E-state index in [2.05, 4.69) is 10.7 Å². The molecule has 0 radical (unpaired) electrons. The van der Waals surface area contributed by atoms with Crippen LogP contribution in [0.3, 0.4) is 0 Å². The molecule has 5 heteroatoms. The molecule has 5 nitrogen and oxygen atoms in total. The molecule has 0 saturated carbocycles. The highest BCUT2D eigenvalue weighted by Crippen LogP contribution is 2.31. The van der Waals surface area contributed by atoms with Gasteiger partial charge in [-0.05, 0) is 12.1 Å². The second-order valence-electron chi connectivity index (χ2n) is 3.27. The number of benzene rings is 1. The summed E-state index contributed by atoms with van der Waals surface area (Å²) in [4.78, 5) is 0. The van der Waals surface area contributed by atoms with Crippen LogP contribution < -0.4 is 26.1 Å². The predicted octanol–water partition coefficient (Wildman–Crippen LogP) is 0.681. The summed E-state index contributed by atoms with van der Waals surface area (Å²) in [6.07, 6.45) is 0.918. The molecule has 1 aliphatic heterocycles. The van der Waals surface area contributed by atoms with E-state index in [1.807, 2.05) is 18.2 Å². The first-order chi connectivity index (χ1) is 7.40. The van der Waals surface area contributed by atoms with Gasteiger partial charge in [0.15, 0.2) is 11.5 Å². The minimum absolute atomic E-state index is 0.514. The summed E-state index contributed by atoms with van der Waals surface area (Å²) in [7, 11) is 0. The fraction of sp³-hybridized carbons (Fsp3) is 0.400. The molecule has 1 heterocycles. The van der Waals surface area contributed by atoms with Crippen molar-refractivity contribution in [1.82, 2.24) is 5.43 Å². The maximum absolute atomic E-state index is 5.55. The van der Waals surface area contributed by atoms with Gasteiger partial charge in [0.1, 0.15) is 0 Å². The van der Waals surface area contributed by atoms with Crippen LogP contribution in [0.15, 0.2) is 18.2 Å². The molecular weight excluding hydrogens is 194 g/mol. The lowest BCUT2D eigenvalue weighted by atomic mass is 10.3. The first kappa shape index (κ1) is 10.1. The van der Waals surface area contributed by atoms with Gasteiger partial charge >= 0.3 is 0 Å². The summed E-state index contributed by atoms with van der Waals surface area (Å²) >= 11 is 0. The van der Waals surface area contributed by atoms with Crippen LogP contribution in [-0.2, 0) is 0 Å². The van der Waals surface area contributed by atoms with Crippen molar-refractivity contribution in [2.75, 3.05) is 25.2 Å². The zero-order valence-corrected chi connectivity index (χ0v) is 8.45. The van der Waals surface area contributed by atoms with Crippen molar-refractivity contribution in [2.45, 2.75) is 6.42 Å². The fourth-order valence-electron chi connectivity index (χ4n) is 1.43. The van der Waals surface area contributed by atoms with E-state index in [1.165, 1.54) is 0 Å². The molecule has 15 heavy (non-hydrogen) atoms. The van der Waals surface area contributed by atoms with Gasteiger partial charge in [0.05, 0.1) is 19.9 Å². The van der Waals surface area contributed by atoms with Gasteiger partial charge in [0.2, 0.25) is 0 Å². The Balaban J connectivity index is 2.13. The number of nitrogens with two attached hydrogens (primary N) is 1. The second-order valence-corrected chi connectivity index (χ2v) is 3.27. The molecule has 0 aromatic heterocycles. The van der Waals surface area contributed by atoms with Crippen LogP contribution in [0.25, 0.3) is 0 Å². The third-order valence-corrected chi connectivity index (χ3v) is 2.14. The molecule has 0 bridgehead atoms. The van der Waals surface area contributed by atoms with Gasteiger partial charge in [-0.2, -0.15) is 0 Å². The van der Waals surface area contributed by atoms with E-state index < -0.39 is 0 Å². The van der Waals surface area contributed by atoms with Crippen LogP contribution in [0.5, 0.6) is 11.5 Å². The Kier molecular flexibility index (Phi) is 3.26. The first-order valence-electron chi connectivity index (χ1n) is 4.97. The maximum atomic E-state index is 5.55. The first-order valence-corrected chi connectivity index (χ1v) is 4.97. The fourth-order valence-corrected chi connectivity index (χ4v) is 1.43. The number of anilines is 1. The van der Waals surface area contributed by atoms with Crippen molar-refractivity contribution in [1.29, 1.82) is 0 Å². The molecule has 1 aromatic carbocycles. The van der Waals surface area contributed by atoms with E-state index in [0.717, 1.165) is 23.6 Å². The molecule has 0 atom stereocenters. The maximum Gasteiger partial charge on any atom is 0.163 e. The largest absolute Gasteiger partial charge is 0.490 e. The van der Waals surface area contributed by atoms with Crippen molar-refractivity contribution < 1.29 is 9.47 Å². The Hall–Kier alpha value is -1.46. The van der Waals surface area contributed by atoms with E-state index in [0.29, 0.717) is 19.9 Å². The topological polar surface area (TPSA) is 68.5 Å². The summed E-state index contributed by atoms with van der Waals surface area (Å²) in [5.74, 6) is 6.76. The smallest absolute Gasteiger partial charge is 0.163 e. The summed E-state index contributed by atoms with van der Waals surface area (Å²) < 4.78 is 11.1. The van der Waals surface area contributed by atoms with Crippen LogP contribution in [0.2, 0.25) is 0 Å². The minimum atomic E-state index is 0.514. The van der Waals surface area contributed by atoms with Crippen LogP contribution in [0.4, 0.5) is 5.69 Å². The Labute approximate surface area is 88.5 Å². The zero-order chi connectivity index (χ0) is 10.5. The van der Waals surface area contributed by atoms with E-state index in [9.17, 15) is 0 Å². The molecule has 1 aromatic rings. The molecule has 4 N–H and O–H groups in total. The molecule has 82 valence electrons. The van der Waals surface area contributed by atoms with Gasteiger partial charge in [-0.1, -0.05) is 0 Å². The number of hydrazine groups is 1. The van der Waals surface area contributed by atoms with Crippen LogP contribution in [-0.4, -0.2) is 19.9 Å². The molecule has 0 saturated heterocycles. The van der Waals surface area contributed by atoms with Crippen molar-refractivity contribution >= 4 is 5.69 Å². The Morgan fingerprint density at radius 1 is 1.20 bits per heavy atom. The van der Waals surface area contributed by atoms with Gasteiger partial charge in [-0.25, -0.2) is 5.43 Å². The van der Waals surface area contributed by atoms with E-state index in [4.69, 9.17) is 15.3 Å². The quantitative estimate of drug-likeness (QED) is 0.388. The van der Waals surface area contributed by atoms with Crippen LogP contribution in [0.1, 0.15) is 6.42 Å². The van der Waals surface area contributed by atoms with E-state index in [1.54, 1.807) is 0 Å². The standard InChI is InChI=1S/C10H15N3O2/c11-13-7-12-8-2-3-9-10(6-8)15-5-1-4-14-9/h2-3,6,12-13H,1,4-5,7,11H2. The zero-order valence-electron chi connectivity index (χ0n) is 8.45. The van der Waals surface area contributed by atoms with Crippen molar-refractivity contribution in [3.05, 3.63) is 18.2 Å². The predicted molar refractivity (Wildman–Crippen MR) is 57.9 cm³/mol.